The summed E-state index contributed by atoms with van der Waals surface area (Å²) in [5, 5.41) is 12.0. The molecule has 116 valence electrons. The van der Waals surface area contributed by atoms with Crippen molar-refractivity contribution in [3.63, 3.8) is 0 Å². The van der Waals surface area contributed by atoms with Gasteiger partial charge in [-0.05, 0) is 39.0 Å². The molecule has 1 N–H and O–H groups in total. The average Bonchev–Trinajstić information content (AvgIpc) is 2.13. The predicted octanol–water partition coefficient (Wildman–Crippen LogP) is 5.03. The molecule has 0 saturated carbocycles. The maximum absolute atomic E-state index is 13.4. The Morgan fingerprint density at radius 2 is 1.37 bits per heavy atom. The fraction of sp³-hybridized carbons (Fsp3) is 1.00. The van der Waals surface area contributed by atoms with Gasteiger partial charge in [0.2, 0.25) is 0 Å². The Bertz CT molecular complexity index is 305. The van der Waals surface area contributed by atoms with E-state index in [-0.39, 0.29) is 11.2 Å². The molecule has 0 rings (SSSR count). The Morgan fingerprint density at radius 3 is 1.58 bits per heavy atom. The van der Waals surface area contributed by atoms with E-state index in [1.807, 2.05) is 20.8 Å². The Labute approximate surface area is 120 Å². The van der Waals surface area contributed by atoms with Gasteiger partial charge in [-0.1, -0.05) is 34.6 Å². The van der Waals surface area contributed by atoms with E-state index in [1.165, 1.54) is 5.06 Å². The summed E-state index contributed by atoms with van der Waals surface area (Å²) in [4.78, 5) is 0. The average molecular weight is 291 g/mol. The zero-order chi connectivity index (χ0) is 15.5. The summed E-state index contributed by atoms with van der Waals surface area (Å²) < 4.78 is 13.4. The second-order valence-corrected chi connectivity index (χ2v) is 10.9. The van der Waals surface area contributed by atoms with E-state index >= 15 is 0 Å². The summed E-state index contributed by atoms with van der Waals surface area (Å²) in [6.07, 6.45) is 3.25. The molecule has 0 radical (unpaired) electrons. The van der Waals surface area contributed by atoms with Crippen LogP contribution < -0.4 is 0 Å². The van der Waals surface area contributed by atoms with E-state index in [0.29, 0.717) is 0 Å². The van der Waals surface area contributed by atoms with Crippen LogP contribution >= 0.6 is 7.14 Å². The minimum atomic E-state index is -2.43. The van der Waals surface area contributed by atoms with Gasteiger partial charge in [-0.3, -0.25) is 0 Å². The number of rotatable bonds is 6. The van der Waals surface area contributed by atoms with E-state index in [0.717, 1.165) is 25.2 Å². The molecule has 0 aromatic rings. The van der Waals surface area contributed by atoms with E-state index in [4.69, 9.17) is 0 Å². The highest BCUT2D eigenvalue weighted by molar-refractivity contribution is 7.64. The topological polar surface area (TPSA) is 40.5 Å². The second-order valence-electron chi connectivity index (χ2n) is 7.65. The van der Waals surface area contributed by atoms with Crippen LogP contribution in [0, 0.1) is 5.41 Å². The van der Waals surface area contributed by atoms with Gasteiger partial charge < -0.3 is 9.77 Å². The molecule has 0 amide bonds. The van der Waals surface area contributed by atoms with Gasteiger partial charge in [-0.2, -0.15) is 5.06 Å². The molecule has 0 heterocycles. The van der Waals surface area contributed by atoms with Crippen LogP contribution in [0.3, 0.4) is 0 Å². The normalized spacial score (nSPS) is 15.9. The highest BCUT2D eigenvalue weighted by Crippen LogP contribution is 2.59. The highest BCUT2D eigenvalue weighted by atomic mass is 31.2. The van der Waals surface area contributed by atoms with Crippen LogP contribution in [-0.2, 0) is 4.57 Å². The lowest BCUT2D eigenvalue weighted by molar-refractivity contribution is -0.186. The van der Waals surface area contributed by atoms with Crippen LogP contribution in [0.15, 0.2) is 0 Å². The molecule has 0 spiro atoms. The van der Waals surface area contributed by atoms with Crippen molar-refractivity contribution in [2.45, 2.75) is 79.6 Å². The van der Waals surface area contributed by atoms with Crippen LogP contribution in [0.5, 0.6) is 0 Å². The van der Waals surface area contributed by atoms with Gasteiger partial charge in [-0.15, -0.1) is 0 Å². The van der Waals surface area contributed by atoms with Crippen molar-refractivity contribution in [3.8, 4) is 0 Å². The zero-order valence-electron chi connectivity index (χ0n) is 14.2. The third-order valence-electron chi connectivity index (χ3n) is 3.34. The van der Waals surface area contributed by atoms with Crippen LogP contribution in [-0.4, -0.2) is 33.9 Å². The number of nitrogens with zero attached hydrogens (tertiary/aromatic N) is 1. The fourth-order valence-electron chi connectivity index (χ4n) is 2.75. The van der Waals surface area contributed by atoms with Crippen LogP contribution in [0.25, 0.3) is 0 Å². The molecule has 0 fully saturated rings. The SMILES string of the molecule is CCCP(=O)(CCC)C(N(O)C(C)(C)C)C(C)(C)C. The summed E-state index contributed by atoms with van der Waals surface area (Å²) in [6, 6.07) is 0. The third-order valence-corrected chi connectivity index (χ3v) is 7.64. The molecule has 1 atom stereocenters. The van der Waals surface area contributed by atoms with Crippen molar-refractivity contribution < 1.29 is 9.77 Å². The Kier molecular flexibility index (Phi) is 6.79. The number of hydrogen-bond acceptors (Lipinski definition) is 3. The van der Waals surface area contributed by atoms with Gasteiger partial charge in [0.25, 0.3) is 0 Å². The first-order valence-corrected chi connectivity index (χ1v) is 9.60. The van der Waals surface area contributed by atoms with Crippen molar-refractivity contribution in [2.24, 2.45) is 5.41 Å². The number of hydroxylamine groups is 2. The van der Waals surface area contributed by atoms with E-state index in [9.17, 15) is 9.77 Å². The van der Waals surface area contributed by atoms with E-state index in [2.05, 4.69) is 34.6 Å². The molecular formula is C15H34NO2P. The Hall–Kier alpha value is 0.150. The van der Waals surface area contributed by atoms with Gasteiger partial charge in [0.05, 0.1) is 5.78 Å². The van der Waals surface area contributed by atoms with Crippen molar-refractivity contribution in [1.29, 1.82) is 0 Å². The zero-order valence-corrected chi connectivity index (χ0v) is 15.1. The largest absolute Gasteiger partial charge is 0.322 e. The predicted molar refractivity (Wildman–Crippen MR) is 84.5 cm³/mol. The molecule has 1 unspecified atom stereocenters. The molecule has 0 saturated heterocycles. The quantitative estimate of drug-likeness (QED) is 0.551. The monoisotopic (exact) mass is 291 g/mol. The van der Waals surface area contributed by atoms with Crippen molar-refractivity contribution in [1.82, 2.24) is 5.06 Å². The summed E-state index contributed by atoms with van der Waals surface area (Å²) >= 11 is 0. The van der Waals surface area contributed by atoms with Gasteiger partial charge in [0, 0.05) is 17.9 Å². The molecule has 3 nitrogen and oxygen atoms in total. The number of hydrogen-bond donors (Lipinski definition) is 1. The van der Waals surface area contributed by atoms with E-state index in [1.54, 1.807) is 0 Å². The van der Waals surface area contributed by atoms with Gasteiger partial charge >= 0.3 is 0 Å². The van der Waals surface area contributed by atoms with Crippen molar-refractivity contribution >= 4 is 7.14 Å². The third kappa shape index (κ3) is 5.21. The van der Waals surface area contributed by atoms with Crippen LogP contribution in [0.2, 0.25) is 0 Å². The standard InChI is InChI=1S/C15H34NO2P/c1-9-11-19(18,12-10-2)13(14(3,4)5)16(17)15(6,7)8/h13,17H,9-12H2,1-8H3. The minimum Gasteiger partial charge on any atom is -0.322 e. The maximum atomic E-state index is 13.4. The maximum Gasteiger partial charge on any atom is 0.107 e. The molecule has 4 heteroatoms. The molecule has 0 aliphatic rings. The molecular weight excluding hydrogens is 257 g/mol. The van der Waals surface area contributed by atoms with Gasteiger partial charge in [-0.25, -0.2) is 0 Å². The van der Waals surface area contributed by atoms with Crippen LogP contribution in [0.4, 0.5) is 0 Å². The lowest BCUT2D eigenvalue weighted by Gasteiger charge is -2.46. The molecule has 0 aromatic carbocycles. The Morgan fingerprint density at radius 1 is 1.00 bits per heavy atom. The minimum absolute atomic E-state index is 0.206. The van der Waals surface area contributed by atoms with Crippen LogP contribution in [0.1, 0.15) is 68.2 Å². The lowest BCUT2D eigenvalue weighted by Crippen LogP contribution is -2.51. The van der Waals surface area contributed by atoms with Gasteiger partial charge in [0.15, 0.2) is 0 Å². The second kappa shape index (κ2) is 6.74. The summed E-state index contributed by atoms with van der Waals surface area (Å²) in [5.74, 6) is -0.278. The first kappa shape index (κ1) is 19.1. The molecule has 0 aliphatic carbocycles. The highest BCUT2D eigenvalue weighted by Gasteiger charge is 2.46. The van der Waals surface area contributed by atoms with E-state index < -0.39 is 12.7 Å². The molecule has 19 heavy (non-hydrogen) atoms. The molecule has 0 bridgehead atoms. The smallest absolute Gasteiger partial charge is 0.107 e. The first-order valence-electron chi connectivity index (χ1n) is 7.46. The lowest BCUT2D eigenvalue weighted by atomic mass is 9.94. The first-order chi connectivity index (χ1) is 8.40. The van der Waals surface area contributed by atoms with Crippen molar-refractivity contribution in [2.75, 3.05) is 12.3 Å². The summed E-state index contributed by atoms with van der Waals surface area (Å²) in [7, 11) is -2.43. The van der Waals surface area contributed by atoms with Crippen molar-refractivity contribution in [3.05, 3.63) is 0 Å². The van der Waals surface area contributed by atoms with Gasteiger partial charge in [0.1, 0.15) is 7.14 Å². The molecule has 0 aromatic heterocycles. The molecule has 0 aliphatic heterocycles. The fourth-order valence-corrected chi connectivity index (χ4v) is 7.14. The summed E-state index contributed by atoms with van der Waals surface area (Å²) in [6.45, 7) is 16.3. The summed E-state index contributed by atoms with van der Waals surface area (Å²) in [5.41, 5.74) is -0.600. The Balaban J connectivity index is 5.64.